The fourth-order valence-electron chi connectivity index (χ4n) is 2.09. The van der Waals surface area contributed by atoms with Gasteiger partial charge in [-0.15, -0.1) is 0 Å². The Hall–Kier alpha value is -0.470. The van der Waals surface area contributed by atoms with Crippen molar-refractivity contribution in [2.75, 3.05) is 32.3 Å². The van der Waals surface area contributed by atoms with Crippen molar-refractivity contribution in [1.29, 1.82) is 0 Å². The standard InChI is InChI=1S/C13H18ClNO4S2/c1-18-12-4-3-10(7-11(12)14)21(16,17)15-8-13(19-2)5-6-20-9-13/h3-4,7,15H,5-6,8-9H2,1-2H3. The molecule has 0 aliphatic carbocycles. The van der Waals surface area contributed by atoms with E-state index in [1.165, 1.54) is 25.3 Å². The zero-order chi connectivity index (χ0) is 15.5. The van der Waals surface area contributed by atoms with Gasteiger partial charge in [0.1, 0.15) is 5.75 Å². The van der Waals surface area contributed by atoms with Crippen LogP contribution in [0, 0.1) is 0 Å². The maximum atomic E-state index is 12.3. The third kappa shape index (κ3) is 3.84. The third-order valence-corrected chi connectivity index (χ3v) is 6.44. The highest BCUT2D eigenvalue weighted by Gasteiger charge is 2.35. The molecule has 0 saturated carbocycles. The van der Waals surface area contributed by atoms with E-state index >= 15 is 0 Å². The van der Waals surface area contributed by atoms with E-state index in [9.17, 15) is 8.42 Å². The van der Waals surface area contributed by atoms with Gasteiger partial charge in [0.2, 0.25) is 10.0 Å². The molecule has 0 radical (unpaired) electrons. The first-order valence-corrected chi connectivity index (χ1v) is 9.40. The normalized spacial score (nSPS) is 22.4. The van der Waals surface area contributed by atoms with Crippen LogP contribution in [0.5, 0.6) is 5.75 Å². The molecule has 2 rings (SSSR count). The van der Waals surface area contributed by atoms with E-state index in [0.717, 1.165) is 17.9 Å². The Morgan fingerprint density at radius 3 is 2.71 bits per heavy atom. The van der Waals surface area contributed by atoms with Crippen LogP contribution in [-0.4, -0.2) is 46.3 Å². The lowest BCUT2D eigenvalue weighted by molar-refractivity contribution is 0.0179. The minimum Gasteiger partial charge on any atom is -0.495 e. The van der Waals surface area contributed by atoms with Crippen LogP contribution in [0.2, 0.25) is 5.02 Å². The Labute approximate surface area is 134 Å². The maximum Gasteiger partial charge on any atom is 0.240 e. The summed E-state index contributed by atoms with van der Waals surface area (Å²) in [5, 5.41) is 0.262. The molecule has 1 heterocycles. The summed E-state index contributed by atoms with van der Waals surface area (Å²) in [6, 6.07) is 4.38. The Balaban J connectivity index is 2.13. The Kier molecular flexibility index (Phi) is 5.43. The number of methoxy groups -OCH3 is 2. The predicted octanol–water partition coefficient (Wildman–Crippen LogP) is 2.15. The van der Waals surface area contributed by atoms with Gasteiger partial charge < -0.3 is 9.47 Å². The molecule has 5 nitrogen and oxygen atoms in total. The first-order chi connectivity index (χ1) is 9.92. The zero-order valence-electron chi connectivity index (χ0n) is 11.9. The van der Waals surface area contributed by atoms with Crippen molar-refractivity contribution < 1.29 is 17.9 Å². The van der Waals surface area contributed by atoms with E-state index in [4.69, 9.17) is 21.1 Å². The summed E-state index contributed by atoms with van der Waals surface area (Å²) in [7, 11) is -0.527. The van der Waals surface area contributed by atoms with Crippen molar-refractivity contribution >= 4 is 33.4 Å². The van der Waals surface area contributed by atoms with Gasteiger partial charge in [-0.1, -0.05) is 11.6 Å². The van der Waals surface area contributed by atoms with Crippen LogP contribution in [0.25, 0.3) is 0 Å². The summed E-state index contributed by atoms with van der Waals surface area (Å²) in [4.78, 5) is 0.116. The number of rotatable bonds is 6. The lowest BCUT2D eigenvalue weighted by Gasteiger charge is -2.26. The summed E-state index contributed by atoms with van der Waals surface area (Å²) < 4.78 is 37.8. The van der Waals surface area contributed by atoms with E-state index in [0.29, 0.717) is 5.75 Å². The van der Waals surface area contributed by atoms with Gasteiger partial charge in [0, 0.05) is 19.4 Å². The number of thioether (sulfide) groups is 1. The van der Waals surface area contributed by atoms with Crippen LogP contribution in [0.3, 0.4) is 0 Å². The highest BCUT2D eigenvalue weighted by atomic mass is 35.5. The number of benzene rings is 1. The smallest absolute Gasteiger partial charge is 0.240 e. The Bertz CT molecular complexity index is 600. The topological polar surface area (TPSA) is 64.6 Å². The Morgan fingerprint density at radius 2 is 2.19 bits per heavy atom. The van der Waals surface area contributed by atoms with E-state index in [1.807, 2.05) is 0 Å². The maximum absolute atomic E-state index is 12.3. The van der Waals surface area contributed by atoms with Gasteiger partial charge >= 0.3 is 0 Å². The highest BCUT2D eigenvalue weighted by molar-refractivity contribution is 7.99. The monoisotopic (exact) mass is 351 g/mol. The number of nitrogens with one attached hydrogen (secondary N) is 1. The van der Waals surface area contributed by atoms with Crippen LogP contribution in [0.1, 0.15) is 6.42 Å². The van der Waals surface area contributed by atoms with Gasteiger partial charge in [0.25, 0.3) is 0 Å². The van der Waals surface area contributed by atoms with Gasteiger partial charge in [-0.05, 0) is 30.4 Å². The molecule has 0 bridgehead atoms. The molecule has 1 aromatic rings. The summed E-state index contributed by atoms with van der Waals surface area (Å²) in [6.45, 7) is 0.252. The van der Waals surface area contributed by atoms with Crippen molar-refractivity contribution in [3.63, 3.8) is 0 Å². The van der Waals surface area contributed by atoms with E-state index in [-0.39, 0.29) is 16.5 Å². The van der Waals surface area contributed by atoms with Crippen LogP contribution in [0.4, 0.5) is 0 Å². The molecule has 1 aliphatic rings. The summed E-state index contributed by atoms with van der Waals surface area (Å²) in [6.07, 6.45) is 0.833. The summed E-state index contributed by atoms with van der Waals surface area (Å²) in [5.74, 6) is 2.20. The van der Waals surface area contributed by atoms with Crippen molar-refractivity contribution in [3.05, 3.63) is 23.2 Å². The predicted molar refractivity (Wildman–Crippen MR) is 84.9 cm³/mol. The number of sulfonamides is 1. The van der Waals surface area contributed by atoms with E-state index in [1.54, 1.807) is 18.9 Å². The first-order valence-electron chi connectivity index (χ1n) is 6.38. The molecule has 1 N–H and O–H groups in total. The largest absolute Gasteiger partial charge is 0.495 e. The lowest BCUT2D eigenvalue weighted by atomic mass is 10.0. The minimum atomic E-state index is -3.62. The van der Waals surface area contributed by atoms with E-state index in [2.05, 4.69) is 4.72 Å². The quantitative estimate of drug-likeness (QED) is 0.850. The lowest BCUT2D eigenvalue weighted by Crippen LogP contribution is -2.44. The average molecular weight is 352 g/mol. The SMILES string of the molecule is COc1ccc(S(=O)(=O)NCC2(OC)CCSC2)cc1Cl. The molecule has 0 amide bonds. The fourth-order valence-corrected chi connectivity index (χ4v) is 4.94. The number of ether oxygens (including phenoxy) is 2. The summed E-state index contributed by atoms with van der Waals surface area (Å²) in [5.41, 5.74) is -0.423. The molecular weight excluding hydrogens is 334 g/mol. The fraction of sp³-hybridized carbons (Fsp3) is 0.538. The molecule has 1 saturated heterocycles. The molecule has 0 spiro atoms. The molecule has 21 heavy (non-hydrogen) atoms. The molecule has 1 aromatic carbocycles. The van der Waals surface area contributed by atoms with Gasteiger partial charge in [0.15, 0.2) is 0 Å². The molecule has 0 aromatic heterocycles. The first kappa shape index (κ1) is 16.9. The zero-order valence-corrected chi connectivity index (χ0v) is 14.3. The summed E-state index contributed by atoms with van der Waals surface area (Å²) >= 11 is 7.73. The third-order valence-electron chi connectivity index (χ3n) is 3.52. The van der Waals surface area contributed by atoms with Crippen LogP contribution < -0.4 is 9.46 Å². The molecular formula is C13H18ClNO4S2. The van der Waals surface area contributed by atoms with Gasteiger partial charge in [-0.2, -0.15) is 11.8 Å². The van der Waals surface area contributed by atoms with Crippen LogP contribution in [-0.2, 0) is 14.8 Å². The molecule has 1 fully saturated rings. The van der Waals surface area contributed by atoms with Gasteiger partial charge in [0.05, 0.1) is 22.6 Å². The van der Waals surface area contributed by atoms with E-state index < -0.39 is 15.6 Å². The van der Waals surface area contributed by atoms with Crippen LogP contribution in [0.15, 0.2) is 23.1 Å². The van der Waals surface area contributed by atoms with Crippen molar-refractivity contribution in [2.24, 2.45) is 0 Å². The van der Waals surface area contributed by atoms with Crippen molar-refractivity contribution in [2.45, 2.75) is 16.9 Å². The van der Waals surface area contributed by atoms with Gasteiger partial charge in [-0.25, -0.2) is 13.1 Å². The number of hydrogen-bond donors (Lipinski definition) is 1. The average Bonchev–Trinajstić information content (AvgIpc) is 2.95. The van der Waals surface area contributed by atoms with Crippen molar-refractivity contribution in [1.82, 2.24) is 4.72 Å². The second-order valence-corrected chi connectivity index (χ2v) is 8.09. The highest BCUT2D eigenvalue weighted by Crippen LogP contribution is 2.31. The Morgan fingerprint density at radius 1 is 1.43 bits per heavy atom. The second-order valence-electron chi connectivity index (χ2n) is 4.81. The molecule has 8 heteroatoms. The number of hydrogen-bond acceptors (Lipinski definition) is 5. The second kappa shape index (κ2) is 6.75. The van der Waals surface area contributed by atoms with Crippen molar-refractivity contribution in [3.8, 4) is 5.75 Å². The minimum absolute atomic E-state index is 0.116. The molecule has 118 valence electrons. The molecule has 1 aliphatic heterocycles. The van der Waals surface area contributed by atoms with Gasteiger partial charge in [-0.3, -0.25) is 0 Å². The number of halogens is 1. The molecule has 1 atom stereocenters. The molecule has 1 unspecified atom stereocenters. The van der Waals surface area contributed by atoms with Crippen LogP contribution >= 0.6 is 23.4 Å².